The number of hydrogen-bond donors (Lipinski definition) is 0. The molecule has 0 fully saturated rings. The third-order valence-electron chi connectivity index (χ3n) is 2.04. The van der Waals surface area contributed by atoms with Crippen molar-refractivity contribution < 1.29 is 0 Å². The van der Waals surface area contributed by atoms with Crippen LogP contribution in [0.15, 0.2) is 48.6 Å². The maximum atomic E-state index is 3.36. The van der Waals surface area contributed by atoms with E-state index in [2.05, 4.69) is 71.5 Å². The van der Waals surface area contributed by atoms with Crippen LogP contribution in [0.25, 0.3) is 0 Å². The molecule has 0 nitrogen and oxygen atoms in total. The van der Waals surface area contributed by atoms with Crippen LogP contribution >= 0.6 is 15.9 Å². The van der Waals surface area contributed by atoms with Crippen molar-refractivity contribution in [3.8, 4) is 0 Å². The Bertz CT molecular complexity index is 234. The zero-order chi connectivity index (χ0) is 11.9. The normalized spacial score (nSPS) is 12.9. The van der Waals surface area contributed by atoms with Crippen molar-refractivity contribution in [2.75, 3.05) is 5.33 Å². The van der Waals surface area contributed by atoms with E-state index in [-0.39, 0.29) is 0 Å². The van der Waals surface area contributed by atoms with E-state index < -0.39 is 0 Å². The van der Waals surface area contributed by atoms with Crippen molar-refractivity contribution in [2.45, 2.75) is 39.0 Å². The highest BCUT2D eigenvalue weighted by Crippen LogP contribution is 1.97. The molecule has 0 saturated carbocycles. The van der Waals surface area contributed by atoms with Gasteiger partial charge in [-0.15, -0.1) is 0 Å². The molecule has 16 heavy (non-hydrogen) atoms. The van der Waals surface area contributed by atoms with Gasteiger partial charge in [0.1, 0.15) is 0 Å². The van der Waals surface area contributed by atoms with Crippen LogP contribution in [0.4, 0.5) is 0 Å². The molecule has 90 valence electrons. The summed E-state index contributed by atoms with van der Waals surface area (Å²) >= 11 is 3.36. The second kappa shape index (κ2) is 14.4. The van der Waals surface area contributed by atoms with Crippen LogP contribution in [0.2, 0.25) is 0 Å². The fourth-order valence-electron chi connectivity index (χ4n) is 1.20. The van der Waals surface area contributed by atoms with Crippen molar-refractivity contribution in [2.24, 2.45) is 0 Å². The largest absolute Gasteiger partial charge is 0.0885 e. The summed E-state index contributed by atoms with van der Waals surface area (Å²) in [6.45, 7) is 2.16. The Hall–Kier alpha value is -0.560. The molecule has 1 heteroatoms. The highest BCUT2D eigenvalue weighted by molar-refractivity contribution is 9.09. The van der Waals surface area contributed by atoms with Gasteiger partial charge in [-0.2, -0.15) is 0 Å². The van der Waals surface area contributed by atoms with E-state index >= 15 is 0 Å². The van der Waals surface area contributed by atoms with Gasteiger partial charge in [-0.1, -0.05) is 71.5 Å². The lowest BCUT2D eigenvalue weighted by molar-refractivity contribution is 1.04. The summed E-state index contributed by atoms with van der Waals surface area (Å²) in [5.41, 5.74) is 0. The first kappa shape index (κ1) is 15.4. The van der Waals surface area contributed by atoms with Crippen LogP contribution in [0.5, 0.6) is 0 Å². The number of unbranched alkanes of at least 4 members (excludes halogenated alkanes) is 1. The summed E-state index contributed by atoms with van der Waals surface area (Å²) in [5, 5.41) is 0.963. The van der Waals surface area contributed by atoms with Crippen molar-refractivity contribution in [3.05, 3.63) is 48.6 Å². The van der Waals surface area contributed by atoms with Gasteiger partial charge < -0.3 is 0 Å². The molecule has 0 radical (unpaired) electrons. The molecule has 0 heterocycles. The van der Waals surface area contributed by atoms with Crippen LogP contribution in [0.3, 0.4) is 0 Å². The smallest absolute Gasteiger partial charge is 0.0212 e. The standard InChI is InChI=1S/C15H23Br/c1-2-3-4-5-6-7-8-9-10-11-12-13-14-15-16/h3-4,6-7,9-10,13-14H,2,5,8,11-12,15H2,1H3/b4-3-,7-6-,10-9-,14-13+. The Labute approximate surface area is 109 Å². The van der Waals surface area contributed by atoms with E-state index in [1.54, 1.807) is 0 Å². The summed E-state index contributed by atoms with van der Waals surface area (Å²) in [7, 11) is 0. The fourth-order valence-corrected chi connectivity index (χ4v) is 1.46. The van der Waals surface area contributed by atoms with Crippen LogP contribution in [0.1, 0.15) is 39.0 Å². The Morgan fingerprint density at radius 1 is 0.688 bits per heavy atom. The lowest BCUT2D eigenvalue weighted by atomic mass is 10.2. The lowest BCUT2D eigenvalue weighted by Gasteiger charge is -1.86. The molecule has 0 amide bonds. The molecule has 0 bridgehead atoms. The van der Waals surface area contributed by atoms with Gasteiger partial charge in [-0.3, -0.25) is 0 Å². The predicted molar refractivity (Wildman–Crippen MR) is 79.1 cm³/mol. The maximum Gasteiger partial charge on any atom is 0.0212 e. The van der Waals surface area contributed by atoms with E-state index in [0.717, 1.165) is 37.4 Å². The first-order valence-electron chi connectivity index (χ1n) is 6.07. The molecule has 0 aromatic heterocycles. The van der Waals surface area contributed by atoms with E-state index in [9.17, 15) is 0 Å². The van der Waals surface area contributed by atoms with Gasteiger partial charge in [-0.05, 0) is 32.1 Å². The molecule has 0 atom stereocenters. The van der Waals surface area contributed by atoms with E-state index in [1.165, 1.54) is 0 Å². The van der Waals surface area contributed by atoms with E-state index in [1.807, 2.05) is 0 Å². The van der Waals surface area contributed by atoms with Crippen molar-refractivity contribution in [3.63, 3.8) is 0 Å². The second-order valence-corrected chi connectivity index (χ2v) is 4.14. The summed E-state index contributed by atoms with van der Waals surface area (Å²) in [4.78, 5) is 0. The number of hydrogen-bond acceptors (Lipinski definition) is 0. The zero-order valence-electron chi connectivity index (χ0n) is 10.2. The quantitative estimate of drug-likeness (QED) is 0.294. The van der Waals surface area contributed by atoms with Gasteiger partial charge in [0.25, 0.3) is 0 Å². The summed E-state index contributed by atoms with van der Waals surface area (Å²) in [6.07, 6.45) is 23.3. The molecule has 0 aromatic carbocycles. The predicted octanol–water partition coefficient (Wildman–Crippen LogP) is 5.58. The summed E-state index contributed by atoms with van der Waals surface area (Å²) in [5.74, 6) is 0. The van der Waals surface area contributed by atoms with Crippen LogP contribution < -0.4 is 0 Å². The molecular weight excluding hydrogens is 260 g/mol. The highest BCUT2D eigenvalue weighted by Gasteiger charge is 1.76. The first-order valence-corrected chi connectivity index (χ1v) is 7.20. The van der Waals surface area contributed by atoms with Crippen molar-refractivity contribution in [1.29, 1.82) is 0 Å². The Balaban J connectivity index is 3.33. The monoisotopic (exact) mass is 282 g/mol. The minimum atomic E-state index is 0.963. The van der Waals surface area contributed by atoms with Crippen LogP contribution in [-0.4, -0.2) is 5.33 Å². The fraction of sp³-hybridized carbons (Fsp3) is 0.467. The first-order chi connectivity index (χ1) is 7.91. The molecule has 0 unspecified atom stereocenters. The Morgan fingerprint density at radius 3 is 1.75 bits per heavy atom. The molecule has 0 aromatic rings. The molecule has 0 aliphatic heterocycles. The van der Waals surface area contributed by atoms with Gasteiger partial charge in [0.15, 0.2) is 0 Å². The number of alkyl halides is 1. The molecule has 0 aliphatic rings. The Kier molecular flexibility index (Phi) is 13.9. The van der Waals surface area contributed by atoms with Gasteiger partial charge in [0.2, 0.25) is 0 Å². The van der Waals surface area contributed by atoms with Gasteiger partial charge in [0, 0.05) is 5.33 Å². The molecular formula is C15H23Br. The Morgan fingerprint density at radius 2 is 1.19 bits per heavy atom. The molecule has 0 aliphatic carbocycles. The minimum Gasteiger partial charge on any atom is -0.0885 e. The lowest BCUT2D eigenvalue weighted by Crippen LogP contribution is -1.66. The second-order valence-electron chi connectivity index (χ2n) is 3.50. The average Bonchev–Trinajstić information content (AvgIpc) is 2.31. The maximum absolute atomic E-state index is 3.36. The third-order valence-corrected chi connectivity index (χ3v) is 2.41. The zero-order valence-corrected chi connectivity index (χ0v) is 11.8. The van der Waals surface area contributed by atoms with Gasteiger partial charge in [-0.25, -0.2) is 0 Å². The minimum absolute atomic E-state index is 0.963. The molecule has 0 rings (SSSR count). The van der Waals surface area contributed by atoms with E-state index in [0.29, 0.717) is 0 Å². The summed E-state index contributed by atoms with van der Waals surface area (Å²) < 4.78 is 0. The topological polar surface area (TPSA) is 0 Å². The van der Waals surface area contributed by atoms with Gasteiger partial charge >= 0.3 is 0 Å². The summed E-state index contributed by atoms with van der Waals surface area (Å²) in [6, 6.07) is 0. The molecule has 0 spiro atoms. The number of rotatable bonds is 9. The molecule has 0 N–H and O–H groups in total. The highest BCUT2D eigenvalue weighted by atomic mass is 79.9. The number of halogens is 1. The van der Waals surface area contributed by atoms with Crippen LogP contribution in [-0.2, 0) is 0 Å². The van der Waals surface area contributed by atoms with Gasteiger partial charge in [0.05, 0.1) is 0 Å². The third kappa shape index (κ3) is 13.4. The number of allylic oxidation sites excluding steroid dienone is 8. The van der Waals surface area contributed by atoms with Crippen molar-refractivity contribution in [1.82, 2.24) is 0 Å². The SMILES string of the molecule is CC/C=C\C/C=C\C/C=C\CC/C=C/CBr. The average molecular weight is 283 g/mol. The molecule has 0 saturated heterocycles. The van der Waals surface area contributed by atoms with Crippen LogP contribution in [0, 0.1) is 0 Å². The van der Waals surface area contributed by atoms with E-state index in [4.69, 9.17) is 0 Å². The van der Waals surface area contributed by atoms with Crippen molar-refractivity contribution >= 4 is 15.9 Å².